The Labute approximate surface area is 133 Å². The molecule has 1 N–H and O–H groups in total. The Morgan fingerprint density at radius 2 is 1.96 bits per heavy atom. The predicted octanol–water partition coefficient (Wildman–Crippen LogP) is 2.16. The van der Waals surface area contributed by atoms with Crippen LogP contribution in [0.5, 0.6) is 5.75 Å². The third-order valence-corrected chi connectivity index (χ3v) is 3.42. The van der Waals surface area contributed by atoms with Crippen molar-refractivity contribution < 1.29 is 19.4 Å². The van der Waals surface area contributed by atoms with Crippen LogP contribution in [0.25, 0.3) is 0 Å². The zero-order chi connectivity index (χ0) is 16.8. The number of hydrogen-bond donors (Lipinski definition) is 1. The van der Waals surface area contributed by atoms with E-state index in [0.29, 0.717) is 6.54 Å². The first-order valence-corrected chi connectivity index (χ1v) is 7.19. The molecule has 1 unspecified atom stereocenters. The first-order chi connectivity index (χ1) is 11.0. The lowest BCUT2D eigenvalue weighted by molar-refractivity contribution is 0.0662. The lowest BCUT2D eigenvalue weighted by Crippen LogP contribution is -2.24. The van der Waals surface area contributed by atoms with Crippen molar-refractivity contribution in [1.82, 2.24) is 4.57 Å². The number of pyridine rings is 1. The average Bonchev–Trinajstić information content (AvgIpc) is 2.55. The average molecular weight is 317 g/mol. The molecule has 0 aliphatic heterocycles. The minimum absolute atomic E-state index is 0.125. The number of rotatable bonds is 7. The highest BCUT2D eigenvalue weighted by atomic mass is 16.5. The van der Waals surface area contributed by atoms with Crippen molar-refractivity contribution >= 4 is 5.97 Å². The monoisotopic (exact) mass is 317 g/mol. The fourth-order valence-corrected chi connectivity index (χ4v) is 2.15. The topological polar surface area (TPSA) is 77.8 Å². The van der Waals surface area contributed by atoms with Crippen LogP contribution in [0.2, 0.25) is 0 Å². The molecule has 2 rings (SSSR count). The molecule has 122 valence electrons. The van der Waals surface area contributed by atoms with Gasteiger partial charge >= 0.3 is 5.97 Å². The van der Waals surface area contributed by atoms with Crippen LogP contribution in [0.1, 0.15) is 23.0 Å². The summed E-state index contributed by atoms with van der Waals surface area (Å²) in [6, 6.07) is 10.5. The van der Waals surface area contributed by atoms with Crippen molar-refractivity contribution in [3.05, 3.63) is 64.1 Å². The van der Waals surface area contributed by atoms with Crippen LogP contribution in [-0.2, 0) is 17.9 Å². The van der Waals surface area contributed by atoms with Crippen LogP contribution in [-0.4, -0.2) is 28.9 Å². The van der Waals surface area contributed by atoms with E-state index >= 15 is 0 Å². The van der Waals surface area contributed by atoms with E-state index in [1.54, 1.807) is 7.11 Å². The highest BCUT2D eigenvalue weighted by molar-refractivity contribution is 5.88. The number of carboxylic acid groups (broad SMARTS) is 1. The number of aromatic carboxylic acids is 1. The Bertz CT molecular complexity index is 724. The van der Waals surface area contributed by atoms with Gasteiger partial charge in [0.05, 0.1) is 6.10 Å². The van der Waals surface area contributed by atoms with Crippen molar-refractivity contribution in [2.24, 2.45) is 0 Å². The summed E-state index contributed by atoms with van der Waals surface area (Å²) < 4.78 is 12.1. The highest BCUT2D eigenvalue weighted by Crippen LogP contribution is 2.16. The molecule has 0 aliphatic rings. The molecule has 1 aromatic heterocycles. The van der Waals surface area contributed by atoms with Crippen molar-refractivity contribution in [3.8, 4) is 5.75 Å². The normalized spacial score (nSPS) is 11.9. The summed E-state index contributed by atoms with van der Waals surface area (Å²) in [6.07, 6.45) is 1.24. The SMILES string of the molecule is COC(C)Cn1ccc(=O)c(OCc2ccccc2)c1C(=O)O. The molecule has 0 saturated carbocycles. The third kappa shape index (κ3) is 4.20. The summed E-state index contributed by atoms with van der Waals surface area (Å²) in [6.45, 7) is 2.24. The molecule has 1 atom stereocenters. The summed E-state index contributed by atoms with van der Waals surface area (Å²) in [5.41, 5.74) is 0.223. The number of ether oxygens (including phenoxy) is 2. The van der Waals surface area contributed by atoms with E-state index in [2.05, 4.69) is 0 Å². The molecule has 1 heterocycles. The Hall–Kier alpha value is -2.60. The number of methoxy groups -OCH3 is 1. The maximum absolute atomic E-state index is 12.0. The fourth-order valence-electron chi connectivity index (χ4n) is 2.15. The zero-order valence-electron chi connectivity index (χ0n) is 13.1. The molecule has 2 aromatic rings. The summed E-state index contributed by atoms with van der Waals surface area (Å²) in [4.78, 5) is 23.6. The lowest BCUT2D eigenvalue weighted by atomic mass is 10.2. The first kappa shape index (κ1) is 16.8. The Kier molecular flexibility index (Phi) is 5.54. The van der Waals surface area contributed by atoms with Gasteiger partial charge in [-0.1, -0.05) is 30.3 Å². The number of hydrogen-bond acceptors (Lipinski definition) is 4. The molecule has 0 aliphatic carbocycles. The quantitative estimate of drug-likeness (QED) is 0.846. The molecule has 0 radical (unpaired) electrons. The Balaban J connectivity index is 2.34. The second-order valence-corrected chi connectivity index (χ2v) is 5.14. The molecule has 23 heavy (non-hydrogen) atoms. The molecule has 0 saturated heterocycles. The van der Waals surface area contributed by atoms with Gasteiger partial charge in [0.1, 0.15) is 6.61 Å². The largest absolute Gasteiger partial charge is 0.482 e. The van der Waals surface area contributed by atoms with E-state index in [4.69, 9.17) is 9.47 Å². The minimum Gasteiger partial charge on any atom is -0.482 e. The highest BCUT2D eigenvalue weighted by Gasteiger charge is 2.20. The van der Waals surface area contributed by atoms with Crippen molar-refractivity contribution in [2.45, 2.75) is 26.2 Å². The van der Waals surface area contributed by atoms with Gasteiger partial charge in [-0.05, 0) is 12.5 Å². The van der Waals surface area contributed by atoms with Gasteiger partial charge in [0, 0.05) is 25.9 Å². The Morgan fingerprint density at radius 3 is 2.57 bits per heavy atom. The van der Waals surface area contributed by atoms with Gasteiger partial charge in [0.25, 0.3) is 0 Å². The third-order valence-electron chi connectivity index (χ3n) is 3.42. The molecule has 0 bridgehead atoms. The van der Waals surface area contributed by atoms with E-state index in [-0.39, 0.29) is 24.2 Å². The van der Waals surface area contributed by atoms with Crippen molar-refractivity contribution in [2.75, 3.05) is 7.11 Å². The predicted molar refractivity (Wildman–Crippen MR) is 84.9 cm³/mol. The van der Waals surface area contributed by atoms with Crippen molar-refractivity contribution in [1.29, 1.82) is 0 Å². The number of aromatic nitrogens is 1. The molecular weight excluding hydrogens is 298 g/mol. The number of benzene rings is 1. The van der Waals surface area contributed by atoms with Gasteiger partial charge in [-0.15, -0.1) is 0 Å². The molecule has 6 heteroatoms. The van der Waals surface area contributed by atoms with Gasteiger partial charge in [-0.2, -0.15) is 0 Å². The maximum Gasteiger partial charge on any atom is 0.356 e. The van der Waals surface area contributed by atoms with Gasteiger partial charge in [0.2, 0.25) is 5.43 Å². The number of carboxylic acids is 1. The summed E-state index contributed by atoms with van der Waals surface area (Å²) in [5.74, 6) is -1.37. The molecule has 0 amide bonds. The standard InChI is InChI=1S/C17H19NO5/c1-12(22-2)10-18-9-8-14(19)16(15(18)17(20)21)23-11-13-6-4-3-5-7-13/h3-9,12H,10-11H2,1-2H3,(H,20,21). The molecule has 0 spiro atoms. The first-order valence-electron chi connectivity index (χ1n) is 7.19. The van der Waals surface area contributed by atoms with E-state index in [9.17, 15) is 14.7 Å². The van der Waals surface area contributed by atoms with E-state index in [0.717, 1.165) is 5.56 Å². The van der Waals surface area contributed by atoms with Gasteiger partial charge in [-0.3, -0.25) is 4.79 Å². The molecular formula is C17H19NO5. The second kappa shape index (κ2) is 7.60. The summed E-state index contributed by atoms with van der Waals surface area (Å²) >= 11 is 0. The van der Waals surface area contributed by atoms with Crippen LogP contribution in [0.15, 0.2) is 47.4 Å². The van der Waals surface area contributed by atoms with Crippen LogP contribution in [0, 0.1) is 0 Å². The number of nitrogens with zero attached hydrogens (tertiary/aromatic N) is 1. The molecule has 1 aromatic carbocycles. The second-order valence-electron chi connectivity index (χ2n) is 5.14. The summed E-state index contributed by atoms with van der Waals surface area (Å²) in [7, 11) is 1.54. The van der Waals surface area contributed by atoms with E-state index < -0.39 is 11.4 Å². The van der Waals surface area contributed by atoms with E-state index in [1.165, 1.54) is 16.8 Å². The van der Waals surface area contributed by atoms with Crippen LogP contribution >= 0.6 is 0 Å². The molecule has 6 nitrogen and oxygen atoms in total. The number of carbonyl (C=O) groups is 1. The molecule has 0 fully saturated rings. The van der Waals surface area contributed by atoms with Crippen LogP contribution in [0.3, 0.4) is 0 Å². The van der Waals surface area contributed by atoms with Gasteiger partial charge in [0.15, 0.2) is 11.4 Å². The van der Waals surface area contributed by atoms with Crippen LogP contribution < -0.4 is 10.2 Å². The summed E-state index contributed by atoms with van der Waals surface area (Å²) in [5, 5.41) is 9.47. The van der Waals surface area contributed by atoms with Crippen LogP contribution in [0.4, 0.5) is 0 Å². The lowest BCUT2D eigenvalue weighted by Gasteiger charge is -2.17. The Morgan fingerprint density at radius 1 is 1.26 bits per heavy atom. The smallest absolute Gasteiger partial charge is 0.356 e. The van der Waals surface area contributed by atoms with E-state index in [1.807, 2.05) is 37.3 Å². The van der Waals surface area contributed by atoms with Gasteiger partial charge in [-0.25, -0.2) is 4.79 Å². The minimum atomic E-state index is -1.21. The van der Waals surface area contributed by atoms with Crippen molar-refractivity contribution in [3.63, 3.8) is 0 Å². The maximum atomic E-state index is 12.0. The fraction of sp³-hybridized carbons (Fsp3) is 0.294. The zero-order valence-corrected chi connectivity index (χ0v) is 13.1. The van der Waals surface area contributed by atoms with Gasteiger partial charge < -0.3 is 19.1 Å².